The smallest absolute Gasteiger partial charge is 0.123 e. The van der Waals surface area contributed by atoms with E-state index in [1.807, 2.05) is 30.3 Å². The summed E-state index contributed by atoms with van der Waals surface area (Å²) in [6.07, 6.45) is 5.19. The maximum Gasteiger partial charge on any atom is 0.123 e. The van der Waals surface area contributed by atoms with Crippen LogP contribution in [0.25, 0.3) is 10.9 Å². The van der Waals surface area contributed by atoms with Gasteiger partial charge in [0.15, 0.2) is 0 Å². The van der Waals surface area contributed by atoms with Gasteiger partial charge in [0, 0.05) is 17.3 Å². The molecule has 0 radical (unpaired) electrons. The molecule has 1 aliphatic rings. The molecule has 204 valence electrons. The lowest BCUT2D eigenvalue weighted by molar-refractivity contribution is 0.610. The normalized spacial score (nSPS) is 15.0. The fraction of sp³-hybridized carbons (Fsp3) is 0.188. The summed E-state index contributed by atoms with van der Waals surface area (Å²) in [5, 5.41) is 45.2. The number of anilines is 2. The van der Waals surface area contributed by atoms with E-state index < -0.39 is 17.9 Å². The van der Waals surface area contributed by atoms with Crippen molar-refractivity contribution in [2.75, 3.05) is 10.6 Å². The van der Waals surface area contributed by atoms with Gasteiger partial charge in [0.25, 0.3) is 0 Å². The summed E-state index contributed by atoms with van der Waals surface area (Å²) >= 11 is 0. The molecule has 2 N–H and O–H groups in total. The Labute approximate surface area is 242 Å². The summed E-state index contributed by atoms with van der Waals surface area (Å²) < 4.78 is 25.2. The average Bonchev–Trinajstić information content (AvgIpc) is 3.76. The molecular weight excluding hydrogens is 529 g/mol. The zero-order valence-corrected chi connectivity index (χ0v) is 22.3. The summed E-state index contributed by atoms with van der Waals surface area (Å²) in [6.45, 7) is 0. The van der Waals surface area contributed by atoms with Crippen LogP contribution in [0.3, 0.4) is 0 Å². The van der Waals surface area contributed by atoms with Crippen LogP contribution in [0.4, 0.5) is 15.8 Å². The number of hydrogen-bond acceptors (Lipinski definition) is 8. The summed E-state index contributed by atoms with van der Waals surface area (Å²) in [6, 6.07) is 22.9. The van der Waals surface area contributed by atoms with Crippen molar-refractivity contribution in [3.63, 3.8) is 0 Å². The molecule has 3 aromatic carbocycles. The van der Waals surface area contributed by atoms with Crippen LogP contribution >= 0.6 is 0 Å². The molecule has 10 heteroatoms. The highest BCUT2D eigenvalue weighted by atomic mass is 19.1. The van der Waals surface area contributed by atoms with Crippen molar-refractivity contribution in [3.8, 4) is 18.2 Å². The first-order chi connectivity index (χ1) is 20.9. The number of halogens is 1. The summed E-state index contributed by atoms with van der Waals surface area (Å²) in [5.41, 5.74) is 3.15. The van der Waals surface area contributed by atoms with E-state index in [-0.39, 0.29) is 23.6 Å². The molecule has 1 fully saturated rings. The van der Waals surface area contributed by atoms with E-state index in [1.54, 1.807) is 23.0 Å². The number of nitrogens with one attached hydrogen (secondary N) is 2. The number of pyridine rings is 1. The molecule has 42 heavy (non-hydrogen) atoms. The van der Waals surface area contributed by atoms with Gasteiger partial charge >= 0.3 is 0 Å². The van der Waals surface area contributed by atoms with Gasteiger partial charge in [-0.15, -0.1) is 5.10 Å². The number of nitriles is 3. The van der Waals surface area contributed by atoms with Gasteiger partial charge in [-0.1, -0.05) is 47.7 Å². The second-order valence-electron chi connectivity index (χ2n) is 9.98. The Morgan fingerprint density at radius 1 is 0.976 bits per heavy atom. The molecule has 5 aromatic rings. The first kappa shape index (κ1) is 25.2. The SMILES string of the molecule is [2H]C(Nc1cc(C#N)c2ncc(C#N)c(N[C@H](CC#N)c3ccccc3)c2c1)(c1ccc(F)cc1)c1cn(C2CC2)nn1. The molecule has 6 rings (SSSR count). The van der Waals surface area contributed by atoms with Crippen molar-refractivity contribution in [3.05, 3.63) is 113 Å². The fourth-order valence-corrected chi connectivity index (χ4v) is 4.86. The predicted molar refractivity (Wildman–Crippen MR) is 154 cm³/mol. The highest BCUT2D eigenvalue weighted by Gasteiger charge is 2.27. The third kappa shape index (κ3) is 5.32. The highest BCUT2D eigenvalue weighted by Crippen LogP contribution is 2.37. The molecule has 2 atom stereocenters. The minimum atomic E-state index is -1.71. The second kappa shape index (κ2) is 11.4. The molecule has 0 bridgehead atoms. The zero-order valence-electron chi connectivity index (χ0n) is 23.3. The second-order valence-corrected chi connectivity index (χ2v) is 9.98. The van der Waals surface area contributed by atoms with Gasteiger partial charge < -0.3 is 10.6 Å². The van der Waals surface area contributed by atoms with E-state index >= 15 is 0 Å². The van der Waals surface area contributed by atoms with Crippen LogP contribution < -0.4 is 10.6 Å². The van der Waals surface area contributed by atoms with Gasteiger partial charge in [0.2, 0.25) is 0 Å². The topological polar surface area (TPSA) is 139 Å². The minimum Gasteiger partial charge on any atom is -0.376 e. The molecular formula is C32H24FN9. The Bertz CT molecular complexity index is 1930. The Kier molecular flexibility index (Phi) is 6.82. The van der Waals surface area contributed by atoms with Gasteiger partial charge in [-0.05, 0) is 48.2 Å². The first-order valence-electron chi connectivity index (χ1n) is 13.9. The monoisotopic (exact) mass is 554 g/mol. The van der Waals surface area contributed by atoms with Gasteiger partial charge in [-0.2, -0.15) is 15.8 Å². The van der Waals surface area contributed by atoms with Crippen molar-refractivity contribution in [2.24, 2.45) is 0 Å². The van der Waals surface area contributed by atoms with E-state index in [4.69, 9.17) is 0 Å². The van der Waals surface area contributed by atoms with Crippen molar-refractivity contribution < 1.29 is 5.76 Å². The number of hydrogen-bond donors (Lipinski definition) is 2. The van der Waals surface area contributed by atoms with Gasteiger partial charge in [0.05, 0.1) is 60.5 Å². The average molecular weight is 555 g/mol. The summed E-state index contributed by atoms with van der Waals surface area (Å²) in [4.78, 5) is 4.41. The van der Waals surface area contributed by atoms with Crippen LogP contribution in [-0.2, 0) is 0 Å². The van der Waals surface area contributed by atoms with Crippen LogP contribution in [0.1, 0.15) is 66.7 Å². The van der Waals surface area contributed by atoms with Crippen LogP contribution in [0.5, 0.6) is 0 Å². The molecule has 9 nitrogen and oxygen atoms in total. The number of nitrogens with zero attached hydrogens (tertiary/aromatic N) is 7. The predicted octanol–water partition coefficient (Wildman–Crippen LogP) is 6.31. The summed E-state index contributed by atoms with van der Waals surface area (Å²) in [5.74, 6) is -0.443. The fourth-order valence-electron chi connectivity index (χ4n) is 4.86. The van der Waals surface area contributed by atoms with E-state index in [9.17, 15) is 21.5 Å². The van der Waals surface area contributed by atoms with E-state index in [2.05, 4.69) is 44.1 Å². The lowest BCUT2D eigenvalue weighted by atomic mass is 10.00. The standard InChI is InChI=1S/C32H24FN9/c33-24-8-6-21(7-9-24)32(29-19-42(41-40-29)26-10-11-26)38-25-14-22(16-35)30-27(15-25)31(23(17-36)18-37-30)39-28(12-13-34)20-4-2-1-3-5-20/h1-9,14-15,18-19,26,28,32,38H,10-12H2,(H,37,39)/t28-,32?/m1/s1/i32D. The zero-order chi connectivity index (χ0) is 30.0. The highest BCUT2D eigenvalue weighted by molar-refractivity contribution is 5.99. The maximum atomic E-state index is 13.9. The quantitative estimate of drug-likeness (QED) is 0.216. The third-order valence-electron chi connectivity index (χ3n) is 7.12. The van der Waals surface area contributed by atoms with Crippen LogP contribution in [0.15, 0.2) is 79.1 Å². The number of benzene rings is 3. The number of aromatic nitrogens is 4. The minimum absolute atomic E-state index is 0.124. The Hall–Kier alpha value is -5.79. The summed E-state index contributed by atoms with van der Waals surface area (Å²) in [7, 11) is 0. The molecule has 1 aliphatic carbocycles. The Morgan fingerprint density at radius 2 is 1.74 bits per heavy atom. The largest absolute Gasteiger partial charge is 0.376 e. The molecule has 0 spiro atoms. The van der Waals surface area contributed by atoms with E-state index in [1.165, 1.54) is 30.5 Å². The third-order valence-corrected chi connectivity index (χ3v) is 7.12. The number of rotatable bonds is 9. The van der Waals surface area contributed by atoms with Crippen LogP contribution in [-0.4, -0.2) is 20.0 Å². The van der Waals surface area contributed by atoms with Gasteiger partial charge in [0.1, 0.15) is 23.6 Å². The van der Waals surface area contributed by atoms with Gasteiger partial charge in [-0.3, -0.25) is 4.98 Å². The molecule has 0 saturated heterocycles. The number of fused-ring (bicyclic) bond motifs is 1. The van der Waals surface area contributed by atoms with Crippen molar-refractivity contribution in [1.82, 2.24) is 20.0 Å². The van der Waals surface area contributed by atoms with Crippen molar-refractivity contribution in [2.45, 2.75) is 37.4 Å². The Balaban J connectivity index is 1.49. The molecule has 2 aromatic heterocycles. The van der Waals surface area contributed by atoms with Crippen molar-refractivity contribution >= 4 is 22.3 Å². The van der Waals surface area contributed by atoms with E-state index in [0.717, 1.165) is 18.4 Å². The molecule has 0 aliphatic heterocycles. The molecule has 2 heterocycles. The molecule has 1 unspecified atom stereocenters. The van der Waals surface area contributed by atoms with E-state index in [0.29, 0.717) is 33.5 Å². The molecule has 1 saturated carbocycles. The first-order valence-corrected chi connectivity index (χ1v) is 13.4. The lowest BCUT2D eigenvalue weighted by Crippen LogP contribution is -2.14. The van der Waals surface area contributed by atoms with Crippen LogP contribution in [0.2, 0.25) is 0 Å². The maximum absolute atomic E-state index is 13.9. The molecule has 0 amide bonds. The van der Waals surface area contributed by atoms with Crippen molar-refractivity contribution in [1.29, 1.82) is 15.8 Å². The van der Waals surface area contributed by atoms with Crippen LogP contribution in [0, 0.1) is 39.8 Å². The van der Waals surface area contributed by atoms with Gasteiger partial charge in [-0.25, -0.2) is 9.07 Å². The Morgan fingerprint density at radius 3 is 2.43 bits per heavy atom. The lowest BCUT2D eigenvalue weighted by Gasteiger charge is -2.22.